The van der Waals surface area contributed by atoms with Crippen LogP contribution in [0.2, 0.25) is 0 Å². The maximum atomic E-state index is 12.2. The Hall–Kier alpha value is -1.55. The van der Waals surface area contributed by atoms with E-state index in [0.717, 1.165) is 34.7 Å². The van der Waals surface area contributed by atoms with Crippen LogP contribution in [0.5, 0.6) is 5.75 Å². The largest absolute Gasteiger partial charge is 0.496 e. The van der Waals surface area contributed by atoms with Gasteiger partial charge in [-0.1, -0.05) is 0 Å². The highest BCUT2D eigenvalue weighted by molar-refractivity contribution is 5.98. The first kappa shape index (κ1) is 13.9. The maximum absolute atomic E-state index is 12.2. The Balaban J connectivity index is 2.46. The predicted octanol–water partition coefficient (Wildman–Crippen LogP) is 1.95. The zero-order valence-corrected chi connectivity index (χ0v) is 12.3. The van der Waals surface area contributed by atoms with Crippen molar-refractivity contribution < 1.29 is 9.53 Å². The molecule has 1 unspecified atom stereocenters. The molecule has 104 valence electrons. The van der Waals surface area contributed by atoms with Gasteiger partial charge in [0.1, 0.15) is 5.75 Å². The number of rotatable bonds is 3. The first-order chi connectivity index (χ1) is 8.99. The van der Waals surface area contributed by atoms with Crippen molar-refractivity contribution in [1.29, 1.82) is 0 Å². The van der Waals surface area contributed by atoms with Gasteiger partial charge in [0.05, 0.1) is 12.8 Å². The quantitative estimate of drug-likeness (QED) is 0.905. The Morgan fingerprint density at radius 1 is 1.32 bits per heavy atom. The molecule has 1 aromatic rings. The smallest absolute Gasteiger partial charge is 0.228 e. The Morgan fingerprint density at radius 2 is 2.00 bits per heavy atom. The predicted molar refractivity (Wildman–Crippen MR) is 77.0 cm³/mol. The van der Waals surface area contributed by atoms with Crippen LogP contribution in [-0.4, -0.2) is 32.7 Å². The molecule has 0 aliphatic carbocycles. The van der Waals surface area contributed by atoms with E-state index in [4.69, 9.17) is 4.74 Å². The van der Waals surface area contributed by atoms with Crippen LogP contribution < -0.4 is 15.0 Å². The summed E-state index contributed by atoms with van der Waals surface area (Å²) in [5, 5.41) is 3.18. The minimum absolute atomic E-state index is 0.190. The lowest BCUT2D eigenvalue weighted by atomic mass is 10.0. The standard InChI is InChI=1S/C15H22N2O2/c1-9-6-13(19-5)10(2)11(3)15(9)17-8-12(16-4)7-14(17)18/h6,12,16H,7-8H2,1-5H3. The highest BCUT2D eigenvalue weighted by Crippen LogP contribution is 2.35. The monoisotopic (exact) mass is 262 g/mol. The van der Waals surface area contributed by atoms with Crippen LogP contribution >= 0.6 is 0 Å². The summed E-state index contributed by atoms with van der Waals surface area (Å²) < 4.78 is 5.38. The summed E-state index contributed by atoms with van der Waals surface area (Å²) in [6, 6.07) is 2.26. The Bertz CT molecular complexity index is 511. The Morgan fingerprint density at radius 3 is 2.53 bits per heavy atom. The number of hydrogen-bond acceptors (Lipinski definition) is 3. The minimum Gasteiger partial charge on any atom is -0.496 e. The summed E-state index contributed by atoms with van der Waals surface area (Å²) in [6.07, 6.45) is 0.570. The van der Waals surface area contributed by atoms with Gasteiger partial charge < -0.3 is 15.0 Å². The maximum Gasteiger partial charge on any atom is 0.228 e. The molecule has 0 bridgehead atoms. The van der Waals surface area contributed by atoms with E-state index in [1.54, 1.807) is 7.11 Å². The summed E-state index contributed by atoms with van der Waals surface area (Å²) >= 11 is 0. The first-order valence-corrected chi connectivity index (χ1v) is 6.62. The van der Waals surface area contributed by atoms with Crippen LogP contribution in [0.4, 0.5) is 5.69 Å². The van der Waals surface area contributed by atoms with Gasteiger partial charge in [-0.2, -0.15) is 0 Å². The fraction of sp³-hybridized carbons (Fsp3) is 0.533. The number of benzene rings is 1. The molecule has 0 aromatic heterocycles. The Labute approximate surface area is 114 Å². The SMILES string of the molecule is CNC1CC(=O)N(c2c(C)cc(OC)c(C)c2C)C1. The van der Waals surface area contributed by atoms with Gasteiger partial charge in [-0.25, -0.2) is 0 Å². The molecule has 1 fully saturated rings. The number of nitrogens with one attached hydrogen (secondary N) is 1. The molecule has 1 amide bonds. The molecular weight excluding hydrogens is 240 g/mol. The van der Waals surface area contributed by atoms with Gasteiger partial charge in [-0.3, -0.25) is 4.79 Å². The fourth-order valence-corrected chi connectivity index (χ4v) is 2.78. The van der Waals surface area contributed by atoms with Crippen molar-refractivity contribution in [2.45, 2.75) is 33.2 Å². The zero-order chi connectivity index (χ0) is 14.2. The molecule has 1 N–H and O–H groups in total. The molecule has 2 rings (SSSR count). The first-order valence-electron chi connectivity index (χ1n) is 6.62. The molecule has 19 heavy (non-hydrogen) atoms. The van der Waals surface area contributed by atoms with E-state index in [9.17, 15) is 4.79 Å². The second kappa shape index (κ2) is 5.21. The van der Waals surface area contributed by atoms with Crippen LogP contribution in [-0.2, 0) is 4.79 Å². The highest BCUT2D eigenvalue weighted by atomic mass is 16.5. The van der Waals surface area contributed by atoms with Crippen LogP contribution in [0.1, 0.15) is 23.1 Å². The third-order valence-corrected chi connectivity index (χ3v) is 4.03. The lowest BCUT2D eigenvalue weighted by Gasteiger charge is -2.24. The molecule has 1 atom stereocenters. The topological polar surface area (TPSA) is 41.6 Å². The lowest BCUT2D eigenvalue weighted by molar-refractivity contribution is -0.117. The average molecular weight is 262 g/mol. The van der Waals surface area contributed by atoms with Crippen molar-refractivity contribution in [3.63, 3.8) is 0 Å². The number of carbonyl (C=O) groups excluding carboxylic acids is 1. The number of carbonyl (C=O) groups is 1. The van der Waals surface area contributed by atoms with Crippen molar-refractivity contribution in [2.24, 2.45) is 0 Å². The molecule has 1 aliphatic rings. The number of methoxy groups -OCH3 is 1. The molecule has 1 aliphatic heterocycles. The summed E-state index contributed by atoms with van der Waals surface area (Å²) in [5.74, 6) is 1.07. The average Bonchev–Trinajstić information content (AvgIpc) is 2.75. The van der Waals surface area contributed by atoms with Gasteiger partial charge in [0.2, 0.25) is 5.91 Å². The minimum atomic E-state index is 0.190. The van der Waals surface area contributed by atoms with E-state index in [0.29, 0.717) is 6.42 Å². The van der Waals surface area contributed by atoms with Crippen LogP contribution in [0, 0.1) is 20.8 Å². The van der Waals surface area contributed by atoms with E-state index in [1.165, 1.54) is 0 Å². The van der Waals surface area contributed by atoms with Gasteiger partial charge >= 0.3 is 0 Å². The number of ether oxygens (including phenoxy) is 1. The fourth-order valence-electron chi connectivity index (χ4n) is 2.78. The molecule has 4 heteroatoms. The highest BCUT2D eigenvalue weighted by Gasteiger charge is 2.31. The molecule has 4 nitrogen and oxygen atoms in total. The van der Waals surface area contributed by atoms with Crippen molar-refractivity contribution >= 4 is 11.6 Å². The summed E-state index contributed by atoms with van der Waals surface area (Å²) in [5.41, 5.74) is 4.36. The van der Waals surface area contributed by atoms with Crippen LogP contribution in [0.3, 0.4) is 0 Å². The molecule has 0 spiro atoms. The van der Waals surface area contributed by atoms with E-state index in [1.807, 2.05) is 31.9 Å². The van der Waals surface area contributed by atoms with E-state index < -0.39 is 0 Å². The molecular formula is C15H22N2O2. The second-order valence-corrected chi connectivity index (χ2v) is 5.19. The third-order valence-electron chi connectivity index (χ3n) is 4.03. The second-order valence-electron chi connectivity index (χ2n) is 5.19. The summed E-state index contributed by atoms with van der Waals surface area (Å²) in [4.78, 5) is 14.1. The third kappa shape index (κ3) is 2.32. The number of amides is 1. The normalized spacial score (nSPS) is 19.1. The Kier molecular flexibility index (Phi) is 3.80. The number of likely N-dealkylation sites (N-methyl/N-ethyl adjacent to an activating group) is 1. The molecule has 1 heterocycles. The number of nitrogens with zero attached hydrogens (tertiary/aromatic N) is 1. The summed E-state index contributed by atoms with van der Waals surface area (Å²) in [7, 11) is 3.58. The number of aryl methyl sites for hydroxylation is 1. The van der Waals surface area contributed by atoms with Crippen molar-refractivity contribution in [1.82, 2.24) is 5.32 Å². The molecule has 0 saturated carbocycles. The number of hydrogen-bond donors (Lipinski definition) is 1. The molecule has 1 saturated heterocycles. The van der Waals surface area contributed by atoms with Crippen molar-refractivity contribution in [2.75, 3.05) is 25.6 Å². The van der Waals surface area contributed by atoms with Crippen LogP contribution in [0.15, 0.2) is 6.07 Å². The molecule has 1 aromatic carbocycles. The van der Waals surface area contributed by atoms with Crippen LogP contribution in [0.25, 0.3) is 0 Å². The van der Waals surface area contributed by atoms with Gasteiger partial charge in [0.25, 0.3) is 0 Å². The van der Waals surface area contributed by atoms with Crippen molar-refractivity contribution in [3.8, 4) is 5.75 Å². The van der Waals surface area contributed by atoms with E-state index >= 15 is 0 Å². The van der Waals surface area contributed by atoms with E-state index in [2.05, 4.69) is 12.2 Å². The van der Waals surface area contributed by atoms with Gasteiger partial charge in [-0.15, -0.1) is 0 Å². The summed E-state index contributed by atoms with van der Waals surface area (Å²) in [6.45, 7) is 6.86. The zero-order valence-electron chi connectivity index (χ0n) is 12.3. The van der Waals surface area contributed by atoms with Gasteiger partial charge in [0, 0.05) is 19.0 Å². The van der Waals surface area contributed by atoms with Crippen molar-refractivity contribution in [3.05, 3.63) is 22.8 Å². The van der Waals surface area contributed by atoms with E-state index in [-0.39, 0.29) is 11.9 Å². The van der Waals surface area contributed by atoms with Gasteiger partial charge in [-0.05, 0) is 50.6 Å². The molecule has 0 radical (unpaired) electrons. The van der Waals surface area contributed by atoms with Gasteiger partial charge in [0.15, 0.2) is 0 Å². The number of anilines is 1. The lowest BCUT2D eigenvalue weighted by Crippen LogP contribution is -2.31.